The van der Waals surface area contributed by atoms with Gasteiger partial charge in [-0.1, -0.05) is 42.5 Å². The third kappa shape index (κ3) is 7.09. The maximum atomic E-state index is 13.4. The molecule has 0 radical (unpaired) electrons. The van der Waals surface area contributed by atoms with Gasteiger partial charge in [-0.15, -0.1) is 0 Å². The zero-order valence-corrected chi connectivity index (χ0v) is 15.5. The Morgan fingerprint density at radius 2 is 1.70 bits per heavy atom. The molecule has 144 valence electrons. The summed E-state index contributed by atoms with van der Waals surface area (Å²) in [6.45, 7) is 2.92. The molecule has 2 atom stereocenters. The predicted molar refractivity (Wildman–Crippen MR) is 99.8 cm³/mol. The van der Waals surface area contributed by atoms with Crippen molar-refractivity contribution in [2.45, 2.75) is 38.8 Å². The molecule has 0 aliphatic heterocycles. The SMILES string of the molecule is C[C@H](CCc1ccccc1)NC(=O)[C@@H](C)OC(=O)COc1ccccc1F. The summed E-state index contributed by atoms with van der Waals surface area (Å²) in [5, 5.41) is 2.82. The molecular formula is C21H24FNO4. The third-order valence-electron chi connectivity index (χ3n) is 3.96. The van der Waals surface area contributed by atoms with E-state index in [9.17, 15) is 14.0 Å². The van der Waals surface area contributed by atoms with E-state index in [-0.39, 0.29) is 17.7 Å². The standard InChI is InChI=1S/C21H24FNO4/c1-15(12-13-17-8-4-3-5-9-17)23-21(25)16(2)27-20(24)14-26-19-11-7-6-10-18(19)22/h3-11,15-16H,12-14H2,1-2H3,(H,23,25)/t15-,16-/m1/s1. The average Bonchev–Trinajstić information content (AvgIpc) is 2.66. The molecule has 0 aliphatic rings. The number of carbonyl (C=O) groups excluding carboxylic acids is 2. The molecule has 0 fully saturated rings. The van der Waals surface area contributed by atoms with Crippen molar-refractivity contribution in [2.75, 3.05) is 6.61 Å². The quantitative estimate of drug-likeness (QED) is 0.685. The van der Waals surface area contributed by atoms with Crippen LogP contribution in [0, 0.1) is 5.82 Å². The van der Waals surface area contributed by atoms with Crippen LogP contribution >= 0.6 is 0 Å². The number of nitrogens with one attached hydrogen (secondary N) is 1. The number of aryl methyl sites for hydroxylation is 1. The van der Waals surface area contributed by atoms with Crippen molar-refractivity contribution in [1.82, 2.24) is 5.32 Å². The molecule has 2 aromatic rings. The summed E-state index contributed by atoms with van der Waals surface area (Å²) in [5.41, 5.74) is 1.20. The monoisotopic (exact) mass is 373 g/mol. The molecule has 0 spiro atoms. The third-order valence-corrected chi connectivity index (χ3v) is 3.96. The zero-order valence-electron chi connectivity index (χ0n) is 15.5. The molecule has 5 nitrogen and oxygen atoms in total. The summed E-state index contributed by atoms with van der Waals surface area (Å²) < 4.78 is 23.5. The summed E-state index contributed by atoms with van der Waals surface area (Å²) in [6.07, 6.45) is 0.653. The second kappa shape index (κ2) is 10.3. The fraction of sp³-hybridized carbons (Fsp3) is 0.333. The number of esters is 1. The van der Waals surface area contributed by atoms with E-state index in [4.69, 9.17) is 9.47 Å². The number of amides is 1. The summed E-state index contributed by atoms with van der Waals surface area (Å²) in [4.78, 5) is 23.9. The van der Waals surface area contributed by atoms with Gasteiger partial charge in [-0.05, 0) is 44.4 Å². The smallest absolute Gasteiger partial charge is 0.344 e. The average molecular weight is 373 g/mol. The minimum atomic E-state index is -0.958. The highest BCUT2D eigenvalue weighted by Crippen LogP contribution is 2.15. The Bertz CT molecular complexity index is 751. The summed E-state index contributed by atoms with van der Waals surface area (Å²) in [7, 11) is 0. The topological polar surface area (TPSA) is 64.6 Å². The molecule has 6 heteroatoms. The van der Waals surface area contributed by atoms with Gasteiger partial charge >= 0.3 is 5.97 Å². The van der Waals surface area contributed by atoms with Gasteiger partial charge in [-0.2, -0.15) is 0 Å². The van der Waals surface area contributed by atoms with Crippen LogP contribution in [0.5, 0.6) is 5.75 Å². The van der Waals surface area contributed by atoms with Crippen LogP contribution in [0.15, 0.2) is 54.6 Å². The first-order valence-electron chi connectivity index (χ1n) is 8.87. The first-order chi connectivity index (χ1) is 13.0. The van der Waals surface area contributed by atoms with E-state index >= 15 is 0 Å². The lowest BCUT2D eigenvalue weighted by Crippen LogP contribution is -2.41. The van der Waals surface area contributed by atoms with Gasteiger partial charge in [0.2, 0.25) is 0 Å². The van der Waals surface area contributed by atoms with Gasteiger partial charge < -0.3 is 14.8 Å². The minimum Gasteiger partial charge on any atom is -0.479 e. The highest BCUT2D eigenvalue weighted by atomic mass is 19.1. The Balaban J connectivity index is 1.70. The van der Waals surface area contributed by atoms with E-state index in [1.807, 2.05) is 37.3 Å². The Hall–Kier alpha value is -2.89. The highest BCUT2D eigenvalue weighted by Gasteiger charge is 2.20. The second-order valence-electron chi connectivity index (χ2n) is 6.29. The molecule has 0 aromatic heterocycles. The molecule has 0 unspecified atom stereocenters. The van der Waals surface area contributed by atoms with E-state index < -0.39 is 24.5 Å². The summed E-state index contributed by atoms with van der Waals surface area (Å²) in [6, 6.07) is 15.7. The molecule has 0 bridgehead atoms. The number of benzene rings is 2. The van der Waals surface area contributed by atoms with Crippen LogP contribution in [0.4, 0.5) is 4.39 Å². The van der Waals surface area contributed by atoms with Crippen molar-refractivity contribution in [2.24, 2.45) is 0 Å². The van der Waals surface area contributed by atoms with Gasteiger partial charge in [-0.3, -0.25) is 4.79 Å². The normalized spacial score (nSPS) is 12.7. The molecule has 0 saturated heterocycles. The minimum absolute atomic E-state index is 0.0407. The zero-order chi connectivity index (χ0) is 19.6. The Kier molecular flexibility index (Phi) is 7.79. The fourth-order valence-corrected chi connectivity index (χ4v) is 2.44. The lowest BCUT2D eigenvalue weighted by Gasteiger charge is -2.18. The predicted octanol–water partition coefficient (Wildman–Crippen LogP) is 3.27. The van der Waals surface area contributed by atoms with Crippen LogP contribution in [0.3, 0.4) is 0 Å². The molecular weight excluding hydrogens is 349 g/mol. The van der Waals surface area contributed by atoms with Crippen LogP contribution in [-0.4, -0.2) is 30.6 Å². The van der Waals surface area contributed by atoms with Crippen molar-refractivity contribution in [3.05, 3.63) is 66.0 Å². The molecule has 27 heavy (non-hydrogen) atoms. The second-order valence-corrected chi connectivity index (χ2v) is 6.29. The maximum absolute atomic E-state index is 13.4. The largest absolute Gasteiger partial charge is 0.479 e. The van der Waals surface area contributed by atoms with Gasteiger partial charge in [0, 0.05) is 6.04 Å². The van der Waals surface area contributed by atoms with Crippen LogP contribution in [-0.2, 0) is 20.7 Å². The molecule has 0 aliphatic carbocycles. The number of hydrogen-bond donors (Lipinski definition) is 1. The van der Waals surface area contributed by atoms with Gasteiger partial charge in [0.05, 0.1) is 0 Å². The van der Waals surface area contributed by atoms with Crippen LogP contribution in [0.2, 0.25) is 0 Å². The molecule has 0 saturated carbocycles. The van der Waals surface area contributed by atoms with Gasteiger partial charge in [0.15, 0.2) is 24.3 Å². The van der Waals surface area contributed by atoms with E-state index in [1.54, 1.807) is 6.07 Å². The Morgan fingerprint density at radius 1 is 1.04 bits per heavy atom. The Labute approximate surface area is 158 Å². The molecule has 1 N–H and O–H groups in total. The number of carbonyl (C=O) groups is 2. The van der Waals surface area contributed by atoms with E-state index in [2.05, 4.69) is 5.32 Å². The van der Waals surface area contributed by atoms with E-state index in [0.717, 1.165) is 12.8 Å². The van der Waals surface area contributed by atoms with Crippen LogP contribution in [0.25, 0.3) is 0 Å². The van der Waals surface area contributed by atoms with Crippen molar-refractivity contribution in [3.63, 3.8) is 0 Å². The van der Waals surface area contributed by atoms with Crippen molar-refractivity contribution < 1.29 is 23.5 Å². The van der Waals surface area contributed by atoms with Crippen molar-refractivity contribution >= 4 is 11.9 Å². The summed E-state index contributed by atoms with van der Waals surface area (Å²) in [5.74, 6) is -1.72. The lowest BCUT2D eigenvalue weighted by molar-refractivity contribution is -0.156. The number of hydrogen-bond acceptors (Lipinski definition) is 4. The first-order valence-corrected chi connectivity index (χ1v) is 8.87. The van der Waals surface area contributed by atoms with Gasteiger partial charge in [0.1, 0.15) is 0 Å². The van der Waals surface area contributed by atoms with Gasteiger partial charge in [0.25, 0.3) is 5.91 Å². The first kappa shape index (κ1) is 20.4. The molecule has 0 heterocycles. The summed E-state index contributed by atoms with van der Waals surface area (Å²) >= 11 is 0. The number of halogens is 1. The van der Waals surface area contributed by atoms with Crippen molar-refractivity contribution in [1.29, 1.82) is 0 Å². The van der Waals surface area contributed by atoms with Crippen LogP contribution in [0.1, 0.15) is 25.8 Å². The molecule has 2 aromatic carbocycles. The molecule has 1 amide bonds. The highest BCUT2D eigenvalue weighted by molar-refractivity contribution is 5.83. The van der Waals surface area contributed by atoms with E-state index in [0.29, 0.717) is 0 Å². The van der Waals surface area contributed by atoms with Gasteiger partial charge in [-0.25, -0.2) is 9.18 Å². The number of ether oxygens (including phenoxy) is 2. The van der Waals surface area contributed by atoms with E-state index in [1.165, 1.54) is 30.7 Å². The fourth-order valence-electron chi connectivity index (χ4n) is 2.44. The maximum Gasteiger partial charge on any atom is 0.344 e. The van der Waals surface area contributed by atoms with Crippen LogP contribution < -0.4 is 10.1 Å². The Morgan fingerprint density at radius 3 is 2.41 bits per heavy atom. The number of rotatable bonds is 9. The van der Waals surface area contributed by atoms with Crippen molar-refractivity contribution in [3.8, 4) is 5.75 Å². The lowest BCUT2D eigenvalue weighted by atomic mass is 10.1. The molecule has 2 rings (SSSR count). The number of para-hydroxylation sites is 1.